The van der Waals surface area contributed by atoms with E-state index >= 15 is 0 Å². The summed E-state index contributed by atoms with van der Waals surface area (Å²) in [6.45, 7) is 0. The zero-order valence-corrected chi connectivity index (χ0v) is 15.1. The number of Topliss-reactive ketones (excluding diaryl/α,β-unsaturated/α-hetero) is 1. The average molecular weight is 367 g/mol. The van der Waals surface area contributed by atoms with Crippen molar-refractivity contribution in [1.82, 2.24) is 19.7 Å². The smallest absolute Gasteiger partial charge is 0.184 e. The monoisotopic (exact) mass is 366 g/mol. The minimum atomic E-state index is -0.377. The molecule has 3 aromatic rings. The summed E-state index contributed by atoms with van der Waals surface area (Å²) in [6, 6.07) is 6.10. The van der Waals surface area contributed by atoms with Crippen LogP contribution in [0.3, 0.4) is 0 Å². The summed E-state index contributed by atoms with van der Waals surface area (Å²) in [5.74, 6) is -0.217. The number of hydrogen-bond acceptors (Lipinski definition) is 4. The second-order valence-corrected chi connectivity index (χ2v) is 7.75. The van der Waals surface area contributed by atoms with E-state index in [-0.39, 0.29) is 11.7 Å². The first-order valence-electron chi connectivity index (χ1n) is 9.21. The van der Waals surface area contributed by atoms with Gasteiger partial charge in [0.05, 0.1) is 23.0 Å². The van der Waals surface area contributed by atoms with E-state index in [1.165, 1.54) is 25.6 Å². The molecule has 2 aliphatic carbocycles. The van der Waals surface area contributed by atoms with Gasteiger partial charge in [-0.1, -0.05) is 36.9 Å². The van der Waals surface area contributed by atoms with Crippen molar-refractivity contribution in [2.24, 2.45) is 0 Å². The number of fused-ring (bicyclic) bond motifs is 2. The molecule has 1 unspecified atom stereocenters. The molecule has 0 amide bonds. The molecule has 1 fully saturated rings. The molecule has 6 heteroatoms. The van der Waals surface area contributed by atoms with Crippen LogP contribution in [0.25, 0.3) is 11.0 Å². The standard InChI is InChI=1S/C20H19ClN4O/c21-13-7-6-12-8-17(26)18(15(12)9-13)19-16-10-25(14-4-2-1-3-5-14)24-20(16)23-11-22-19/h6-7,9-11,14,18H,1-5,8H2. The predicted molar refractivity (Wildman–Crippen MR) is 99.5 cm³/mol. The predicted octanol–water partition coefficient (Wildman–Crippen LogP) is 4.24. The summed E-state index contributed by atoms with van der Waals surface area (Å²) in [7, 11) is 0. The molecule has 1 aromatic carbocycles. The second-order valence-electron chi connectivity index (χ2n) is 7.32. The number of halogens is 1. The van der Waals surface area contributed by atoms with Crippen LogP contribution in [0.5, 0.6) is 0 Å². The Labute approximate surface area is 156 Å². The van der Waals surface area contributed by atoms with Gasteiger partial charge in [-0.3, -0.25) is 9.48 Å². The highest BCUT2D eigenvalue weighted by atomic mass is 35.5. The van der Waals surface area contributed by atoms with Crippen LogP contribution in [-0.2, 0) is 11.2 Å². The number of carbonyl (C=O) groups is 1. The van der Waals surface area contributed by atoms with E-state index in [4.69, 9.17) is 16.7 Å². The van der Waals surface area contributed by atoms with Crippen LogP contribution in [0.2, 0.25) is 5.02 Å². The van der Waals surface area contributed by atoms with Gasteiger partial charge < -0.3 is 0 Å². The number of ketones is 1. The molecule has 2 aromatic heterocycles. The third-order valence-electron chi connectivity index (χ3n) is 5.69. The summed E-state index contributed by atoms with van der Waals surface area (Å²) in [6.07, 6.45) is 10.1. The maximum atomic E-state index is 12.8. The van der Waals surface area contributed by atoms with Gasteiger partial charge in [-0.15, -0.1) is 0 Å². The molecule has 0 radical (unpaired) electrons. The Morgan fingerprint density at radius 2 is 1.96 bits per heavy atom. The van der Waals surface area contributed by atoms with E-state index in [1.54, 1.807) is 0 Å². The van der Waals surface area contributed by atoms with Crippen molar-refractivity contribution < 1.29 is 4.79 Å². The lowest BCUT2D eigenvalue weighted by atomic mass is 9.94. The third-order valence-corrected chi connectivity index (χ3v) is 5.93. The van der Waals surface area contributed by atoms with E-state index in [2.05, 4.69) is 9.97 Å². The number of carbonyl (C=O) groups excluding carboxylic acids is 1. The first-order chi connectivity index (χ1) is 12.7. The summed E-state index contributed by atoms with van der Waals surface area (Å²) in [5, 5.41) is 6.22. The topological polar surface area (TPSA) is 60.7 Å². The van der Waals surface area contributed by atoms with E-state index in [1.807, 2.05) is 29.1 Å². The summed E-state index contributed by atoms with van der Waals surface area (Å²) < 4.78 is 2.04. The quantitative estimate of drug-likeness (QED) is 0.680. The second kappa shape index (κ2) is 6.16. The molecule has 0 N–H and O–H groups in total. The molecule has 1 atom stereocenters. The van der Waals surface area contributed by atoms with Gasteiger partial charge in [0.25, 0.3) is 0 Å². The molecule has 5 nitrogen and oxygen atoms in total. The number of nitrogens with zero attached hydrogens (tertiary/aromatic N) is 4. The minimum absolute atomic E-state index is 0.160. The molecular weight excluding hydrogens is 348 g/mol. The number of aromatic nitrogens is 4. The van der Waals surface area contributed by atoms with E-state index in [9.17, 15) is 4.79 Å². The van der Waals surface area contributed by atoms with Gasteiger partial charge in [0.1, 0.15) is 6.33 Å². The van der Waals surface area contributed by atoms with E-state index in [0.717, 1.165) is 35.0 Å². The Morgan fingerprint density at radius 3 is 2.81 bits per heavy atom. The number of rotatable bonds is 2. The van der Waals surface area contributed by atoms with Crippen LogP contribution in [0.4, 0.5) is 0 Å². The average Bonchev–Trinajstić information content (AvgIpc) is 3.23. The molecule has 2 aliphatic rings. The Bertz CT molecular complexity index is 1010. The molecule has 0 saturated heterocycles. The highest BCUT2D eigenvalue weighted by Crippen LogP contribution is 2.39. The van der Waals surface area contributed by atoms with Crippen LogP contribution in [-0.4, -0.2) is 25.5 Å². The molecule has 1 saturated carbocycles. The van der Waals surface area contributed by atoms with Gasteiger partial charge in [0.15, 0.2) is 11.4 Å². The maximum Gasteiger partial charge on any atom is 0.184 e. The van der Waals surface area contributed by atoms with Crippen LogP contribution < -0.4 is 0 Å². The van der Waals surface area contributed by atoms with Crippen molar-refractivity contribution in [1.29, 1.82) is 0 Å². The normalized spacial score (nSPS) is 20.7. The molecule has 0 aliphatic heterocycles. The molecule has 5 rings (SSSR count). The summed E-state index contributed by atoms with van der Waals surface area (Å²) >= 11 is 6.19. The SMILES string of the molecule is O=C1Cc2ccc(Cl)cc2C1c1ncnc2nn(C3CCCCC3)cc12. The molecule has 0 spiro atoms. The van der Waals surface area contributed by atoms with Gasteiger partial charge >= 0.3 is 0 Å². The molecule has 132 valence electrons. The Balaban J connectivity index is 1.62. The fourth-order valence-corrected chi connectivity index (χ4v) is 4.58. The highest BCUT2D eigenvalue weighted by Gasteiger charge is 2.35. The highest BCUT2D eigenvalue weighted by molar-refractivity contribution is 6.30. The van der Waals surface area contributed by atoms with Crippen molar-refractivity contribution in [3.63, 3.8) is 0 Å². The molecule has 0 bridgehead atoms. The lowest BCUT2D eigenvalue weighted by molar-refractivity contribution is -0.118. The van der Waals surface area contributed by atoms with Gasteiger partial charge in [0.2, 0.25) is 0 Å². The summed E-state index contributed by atoms with van der Waals surface area (Å²) in [4.78, 5) is 21.6. The van der Waals surface area contributed by atoms with Crippen molar-refractivity contribution in [3.05, 3.63) is 52.6 Å². The molecule has 26 heavy (non-hydrogen) atoms. The Morgan fingerprint density at radius 1 is 1.12 bits per heavy atom. The van der Waals surface area contributed by atoms with Crippen LogP contribution in [0, 0.1) is 0 Å². The van der Waals surface area contributed by atoms with Crippen molar-refractivity contribution in [2.75, 3.05) is 0 Å². The van der Waals surface area contributed by atoms with Gasteiger partial charge in [-0.2, -0.15) is 5.10 Å². The summed E-state index contributed by atoms with van der Waals surface area (Å²) in [5.41, 5.74) is 3.43. The first kappa shape index (κ1) is 15.9. The molecular formula is C20H19ClN4O. The Hall–Kier alpha value is -2.27. The fourth-order valence-electron chi connectivity index (χ4n) is 4.39. The minimum Gasteiger partial charge on any atom is -0.298 e. The largest absolute Gasteiger partial charge is 0.298 e. The van der Waals surface area contributed by atoms with Gasteiger partial charge in [0, 0.05) is 17.6 Å². The zero-order chi connectivity index (χ0) is 17.7. The van der Waals surface area contributed by atoms with Crippen LogP contribution >= 0.6 is 11.6 Å². The lowest BCUT2D eigenvalue weighted by Crippen LogP contribution is -2.13. The maximum absolute atomic E-state index is 12.8. The number of hydrogen-bond donors (Lipinski definition) is 0. The van der Waals surface area contributed by atoms with Crippen LogP contribution in [0.15, 0.2) is 30.7 Å². The van der Waals surface area contributed by atoms with Gasteiger partial charge in [-0.25, -0.2) is 9.97 Å². The lowest BCUT2D eigenvalue weighted by Gasteiger charge is -2.21. The first-order valence-corrected chi connectivity index (χ1v) is 9.59. The van der Waals surface area contributed by atoms with Crippen molar-refractivity contribution in [3.8, 4) is 0 Å². The number of benzene rings is 1. The molecule has 2 heterocycles. The Kier molecular flexibility index (Phi) is 3.78. The third kappa shape index (κ3) is 2.53. The fraction of sp³-hybridized carbons (Fsp3) is 0.400. The van der Waals surface area contributed by atoms with E-state index in [0.29, 0.717) is 23.1 Å². The van der Waals surface area contributed by atoms with Gasteiger partial charge in [-0.05, 0) is 36.1 Å². The van der Waals surface area contributed by atoms with Crippen molar-refractivity contribution >= 4 is 28.4 Å². The van der Waals surface area contributed by atoms with E-state index < -0.39 is 0 Å². The van der Waals surface area contributed by atoms with Crippen molar-refractivity contribution in [2.45, 2.75) is 50.5 Å². The van der Waals surface area contributed by atoms with Crippen LogP contribution in [0.1, 0.15) is 60.9 Å². The zero-order valence-electron chi connectivity index (χ0n) is 14.4.